The highest BCUT2D eigenvalue weighted by molar-refractivity contribution is 5.90. The van der Waals surface area contributed by atoms with Gasteiger partial charge in [-0.15, -0.1) is 10.2 Å². The molecule has 0 saturated heterocycles. The minimum atomic E-state index is -0.265. The van der Waals surface area contributed by atoms with Crippen LogP contribution in [0.2, 0.25) is 0 Å². The summed E-state index contributed by atoms with van der Waals surface area (Å²) >= 11 is 0. The topological polar surface area (TPSA) is 100 Å². The number of carbonyl (C=O) groups is 1. The van der Waals surface area contributed by atoms with Crippen LogP contribution in [0.15, 0.2) is 42.5 Å². The van der Waals surface area contributed by atoms with E-state index in [4.69, 9.17) is 14.2 Å². The maximum atomic E-state index is 12.2. The molecule has 0 spiro atoms. The van der Waals surface area contributed by atoms with Gasteiger partial charge in [0.15, 0.2) is 11.5 Å². The van der Waals surface area contributed by atoms with Crippen LogP contribution in [0.4, 0.5) is 5.69 Å². The summed E-state index contributed by atoms with van der Waals surface area (Å²) in [6.07, 6.45) is 0. The molecule has 1 amide bonds. The van der Waals surface area contributed by atoms with Crippen molar-refractivity contribution < 1.29 is 19.0 Å². The fraction of sp³-hybridized carbons (Fsp3) is 0.222. The third-order valence-corrected chi connectivity index (χ3v) is 3.80. The van der Waals surface area contributed by atoms with Crippen molar-refractivity contribution in [3.8, 4) is 28.6 Å². The molecular formula is C18H17N5O4. The summed E-state index contributed by atoms with van der Waals surface area (Å²) in [6.45, 7) is 2.60. The molecule has 0 radical (unpaired) electrons. The molecule has 2 aromatic carbocycles. The Balaban J connectivity index is 1.42. The van der Waals surface area contributed by atoms with Gasteiger partial charge >= 0.3 is 0 Å². The van der Waals surface area contributed by atoms with Crippen LogP contribution >= 0.6 is 0 Å². The number of anilines is 1. The van der Waals surface area contributed by atoms with E-state index in [9.17, 15) is 4.79 Å². The number of aromatic nitrogens is 4. The van der Waals surface area contributed by atoms with Crippen LogP contribution in [0, 0.1) is 0 Å². The van der Waals surface area contributed by atoms with E-state index in [-0.39, 0.29) is 19.2 Å². The van der Waals surface area contributed by atoms with Gasteiger partial charge in [-0.25, -0.2) is 0 Å². The quantitative estimate of drug-likeness (QED) is 0.712. The maximum Gasteiger partial charge on any atom is 0.248 e. The van der Waals surface area contributed by atoms with Crippen molar-refractivity contribution in [2.75, 3.05) is 18.7 Å². The maximum absolute atomic E-state index is 12.2. The average Bonchev–Trinajstić information content (AvgIpc) is 3.30. The van der Waals surface area contributed by atoms with Crippen molar-refractivity contribution in [2.45, 2.75) is 13.5 Å². The van der Waals surface area contributed by atoms with E-state index in [1.165, 1.54) is 4.80 Å². The van der Waals surface area contributed by atoms with Gasteiger partial charge in [-0.2, -0.15) is 4.80 Å². The van der Waals surface area contributed by atoms with Crippen molar-refractivity contribution in [3.05, 3.63) is 42.5 Å². The second-order valence-corrected chi connectivity index (χ2v) is 5.72. The zero-order valence-electron chi connectivity index (χ0n) is 14.6. The molecule has 3 aromatic rings. The van der Waals surface area contributed by atoms with Gasteiger partial charge in [-0.05, 0) is 42.5 Å². The molecule has 2 heterocycles. The van der Waals surface area contributed by atoms with Crippen molar-refractivity contribution in [1.82, 2.24) is 20.2 Å². The monoisotopic (exact) mass is 367 g/mol. The summed E-state index contributed by atoms with van der Waals surface area (Å²) in [5.74, 6) is 2.15. The predicted octanol–water partition coefficient (Wildman–Crippen LogP) is 2.11. The van der Waals surface area contributed by atoms with Crippen LogP contribution < -0.4 is 19.5 Å². The van der Waals surface area contributed by atoms with E-state index < -0.39 is 0 Å². The number of hydrogen-bond acceptors (Lipinski definition) is 7. The molecule has 0 saturated carbocycles. The third-order valence-electron chi connectivity index (χ3n) is 3.80. The highest BCUT2D eigenvalue weighted by Crippen LogP contribution is 2.34. The zero-order chi connectivity index (χ0) is 18.6. The molecule has 4 rings (SSSR count). The Labute approximate surface area is 154 Å². The molecule has 1 N–H and O–H groups in total. The van der Waals surface area contributed by atoms with Crippen LogP contribution in [0.3, 0.4) is 0 Å². The van der Waals surface area contributed by atoms with Gasteiger partial charge in [-0.3, -0.25) is 4.79 Å². The molecule has 9 heteroatoms. The van der Waals surface area contributed by atoms with Crippen LogP contribution in [0.25, 0.3) is 11.4 Å². The van der Waals surface area contributed by atoms with Gasteiger partial charge in [0.25, 0.3) is 0 Å². The Morgan fingerprint density at radius 3 is 3.00 bits per heavy atom. The first-order chi connectivity index (χ1) is 13.2. The van der Waals surface area contributed by atoms with Gasteiger partial charge in [0.2, 0.25) is 18.5 Å². The van der Waals surface area contributed by atoms with Crippen LogP contribution in [0.1, 0.15) is 6.92 Å². The fourth-order valence-electron chi connectivity index (χ4n) is 2.62. The number of tetrazole rings is 1. The number of benzene rings is 2. The normalized spacial score (nSPS) is 12.0. The van der Waals surface area contributed by atoms with Gasteiger partial charge < -0.3 is 19.5 Å². The predicted molar refractivity (Wildman–Crippen MR) is 95.6 cm³/mol. The largest absolute Gasteiger partial charge is 0.494 e. The number of ether oxygens (including phenoxy) is 3. The van der Waals surface area contributed by atoms with E-state index in [0.29, 0.717) is 35.4 Å². The highest BCUT2D eigenvalue weighted by Gasteiger charge is 2.16. The van der Waals surface area contributed by atoms with E-state index in [0.717, 1.165) is 5.56 Å². The van der Waals surface area contributed by atoms with Crippen molar-refractivity contribution in [1.29, 1.82) is 0 Å². The van der Waals surface area contributed by atoms with Gasteiger partial charge in [0, 0.05) is 17.3 Å². The van der Waals surface area contributed by atoms with Gasteiger partial charge in [0.05, 0.1) is 6.61 Å². The molecule has 0 aliphatic carbocycles. The van der Waals surface area contributed by atoms with Crippen LogP contribution in [-0.4, -0.2) is 39.5 Å². The molecule has 9 nitrogen and oxygen atoms in total. The van der Waals surface area contributed by atoms with Crippen LogP contribution in [0.5, 0.6) is 17.2 Å². The van der Waals surface area contributed by atoms with Gasteiger partial charge in [0.1, 0.15) is 12.3 Å². The molecule has 0 atom stereocenters. The number of nitrogens with one attached hydrogen (secondary N) is 1. The zero-order valence-corrected chi connectivity index (χ0v) is 14.6. The summed E-state index contributed by atoms with van der Waals surface area (Å²) < 4.78 is 16.0. The smallest absolute Gasteiger partial charge is 0.248 e. The summed E-state index contributed by atoms with van der Waals surface area (Å²) in [4.78, 5) is 13.5. The number of nitrogens with zero attached hydrogens (tertiary/aromatic N) is 4. The summed E-state index contributed by atoms with van der Waals surface area (Å²) in [7, 11) is 0. The molecule has 1 aliphatic rings. The van der Waals surface area contributed by atoms with E-state index in [1.54, 1.807) is 24.3 Å². The number of fused-ring (bicyclic) bond motifs is 1. The Hall–Kier alpha value is -3.62. The molecule has 0 unspecified atom stereocenters. The molecule has 0 bridgehead atoms. The van der Waals surface area contributed by atoms with Crippen molar-refractivity contribution in [2.24, 2.45) is 0 Å². The SMILES string of the molecule is CCOc1cccc(NC(=O)Cn2nnc(-c3ccc4c(c3)OCO4)n2)c1. The van der Waals surface area contributed by atoms with E-state index in [2.05, 4.69) is 20.7 Å². The summed E-state index contributed by atoms with van der Waals surface area (Å²) in [5, 5.41) is 15.0. The van der Waals surface area contributed by atoms with Crippen molar-refractivity contribution >= 4 is 11.6 Å². The highest BCUT2D eigenvalue weighted by atomic mass is 16.7. The molecule has 1 aromatic heterocycles. The minimum Gasteiger partial charge on any atom is -0.494 e. The van der Waals surface area contributed by atoms with Crippen LogP contribution in [-0.2, 0) is 11.3 Å². The van der Waals surface area contributed by atoms with Crippen molar-refractivity contribution in [3.63, 3.8) is 0 Å². The average molecular weight is 367 g/mol. The third kappa shape index (κ3) is 3.81. The molecule has 27 heavy (non-hydrogen) atoms. The lowest BCUT2D eigenvalue weighted by atomic mass is 10.2. The second kappa shape index (κ2) is 7.32. The second-order valence-electron chi connectivity index (χ2n) is 5.72. The minimum absolute atomic E-state index is 0.0591. The number of hydrogen-bond donors (Lipinski definition) is 1. The Morgan fingerprint density at radius 2 is 2.11 bits per heavy atom. The first kappa shape index (κ1) is 16.8. The summed E-state index contributed by atoms with van der Waals surface area (Å²) in [5.41, 5.74) is 1.37. The van der Waals surface area contributed by atoms with E-state index >= 15 is 0 Å². The fourth-order valence-corrected chi connectivity index (χ4v) is 2.62. The summed E-state index contributed by atoms with van der Waals surface area (Å²) in [6, 6.07) is 12.6. The lowest BCUT2D eigenvalue weighted by Gasteiger charge is -2.07. The molecular weight excluding hydrogens is 350 g/mol. The number of carbonyl (C=O) groups excluding carboxylic acids is 1. The first-order valence-electron chi connectivity index (χ1n) is 8.42. The molecule has 138 valence electrons. The first-order valence-corrected chi connectivity index (χ1v) is 8.42. The standard InChI is InChI=1S/C18H17N5O4/c1-2-25-14-5-3-4-13(9-14)19-17(24)10-23-21-18(20-22-23)12-6-7-15-16(8-12)27-11-26-15/h3-9H,2,10-11H2,1H3,(H,19,24). The molecule has 1 aliphatic heterocycles. The van der Waals surface area contributed by atoms with Gasteiger partial charge in [-0.1, -0.05) is 6.07 Å². The number of rotatable bonds is 6. The lowest BCUT2D eigenvalue weighted by molar-refractivity contribution is -0.117. The Bertz CT molecular complexity index is 972. The van der Waals surface area contributed by atoms with E-state index in [1.807, 2.05) is 25.1 Å². The Morgan fingerprint density at radius 1 is 1.22 bits per heavy atom. The number of amides is 1. The molecule has 0 fully saturated rings. The Kier molecular flexibility index (Phi) is 4.56. The lowest BCUT2D eigenvalue weighted by Crippen LogP contribution is -2.20.